The molecule has 1 aliphatic rings. The second kappa shape index (κ2) is 11.6. The molecule has 214 valence electrons. The van der Waals surface area contributed by atoms with E-state index >= 15 is 0 Å². The number of alkyl carbamates (subject to hydrolysis) is 1. The average molecular weight is 559 g/mol. The summed E-state index contributed by atoms with van der Waals surface area (Å²) in [6, 6.07) is 2.93. The lowest BCUT2D eigenvalue weighted by molar-refractivity contribution is 0.0519. The minimum Gasteiger partial charge on any atom is -0.444 e. The van der Waals surface area contributed by atoms with Crippen LogP contribution in [0, 0.1) is 0 Å². The predicted molar refractivity (Wildman–Crippen MR) is 155 cm³/mol. The largest absolute Gasteiger partial charge is 0.444 e. The fraction of sp³-hybridized carbons (Fsp3) is 0.630. The van der Waals surface area contributed by atoms with Gasteiger partial charge in [0.1, 0.15) is 18.0 Å². The molecule has 0 saturated carbocycles. The van der Waals surface area contributed by atoms with Gasteiger partial charge in [0.25, 0.3) is 5.56 Å². The van der Waals surface area contributed by atoms with Gasteiger partial charge in [-0.2, -0.15) is 0 Å². The van der Waals surface area contributed by atoms with Crippen molar-refractivity contribution in [3.05, 3.63) is 39.3 Å². The van der Waals surface area contributed by atoms with Crippen molar-refractivity contribution in [3.63, 3.8) is 0 Å². The molecule has 3 aromatic rings. The third-order valence-corrected chi connectivity index (χ3v) is 8.63. The molecule has 1 saturated heterocycles. The van der Waals surface area contributed by atoms with E-state index in [-0.39, 0.29) is 6.04 Å². The first-order valence-corrected chi connectivity index (χ1v) is 17.4. The standard InChI is InChI=1S/C27H42N6O5Si/c1-27(2,3)38-26(36)28-10-14-31-11-7-19(8-12-31)33-22-20-9-13-32(18-37-15-16-39(4,5)6)23(20)29-17-21(22)24(34)30-25(33)35/h9,13,17,19H,7-8,10-12,14-16,18H2,1-6H3,(H,28,36)(H,30,34,35). The number of carbonyl (C=O) groups excluding carboxylic acids is 1. The molecule has 39 heavy (non-hydrogen) atoms. The Morgan fingerprint density at radius 1 is 1.18 bits per heavy atom. The van der Waals surface area contributed by atoms with E-state index in [0.717, 1.165) is 37.4 Å². The Morgan fingerprint density at radius 2 is 1.90 bits per heavy atom. The summed E-state index contributed by atoms with van der Waals surface area (Å²) in [7, 11) is -1.19. The minimum atomic E-state index is -1.19. The third kappa shape index (κ3) is 7.37. The van der Waals surface area contributed by atoms with E-state index in [0.29, 0.717) is 43.0 Å². The number of piperidine rings is 1. The Hall–Kier alpha value is -2.96. The molecule has 0 aliphatic carbocycles. The average Bonchev–Trinajstić information content (AvgIpc) is 3.24. The van der Waals surface area contributed by atoms with Gasteiger partial charge in [-0.15, -0.1) is 0 Å². The summed E-state index contributed by atoms with van der Waals surface area (Å²) in [5.41, 5.74) is -0.0354. The lowest BCUT2D eigenvalue weighted by Gasteiger charge is -2.33. The van der Waals surface area contributed by atoms with Gasteiger partial charge in [-0.3, -0.25) is 14.3 Å². The summed E-state index contributed by atoms with van der Waals surface area (Å²) < 4.78 is 14.9. The van der Waals surface area contributed by atoms with Crippen molar-refractivity contribution < 1.29 is 14.3 Å². The predicted octanol–water partition coefficient (Wildman–Crippen LogP) is 3.51. The van der Waals surface area contributed by atoms with Crippen LogP contribution in [0.3, 0.4) is 0 Å². The molecule has 1 aliphatic heterocycles. The van der Waals surface area contributed by atoms with Crippen LogP contribution in [0.25, 0.3) is 21.9 Å². The van der Waals surface area contributed by atoms with E-state index in [4.69, 9.17) is 9.47 Å². The highest BCUT2D eigenvalue weighted by Gasteiger charge is 2.25. The number of carbonyl (C=O) groups is 1. The third-order valence-electron chi connectivity index (χ3n) is 6.93. The number of H-pyrrole nitrogens is 1. The zero-order valence-electron chi connectivity index (χ0n) is 24.0. The molecule has 0 aromatic carbocycles. The SMILES string of the molecule is CC(C)(C)OC(=O)NCCN1CCC(n2c(=O)[nH]c(=O)c3cnc4c(ccn4COCC[Si](C)(C)C)c32)CC1. The molecule has 11 nitrogen and oxygen atoms in total. The molecule has 3 aromatic heterocycles. The number of hydrogen-bond acceptors (Lipinski definition) is 7. The Bertz CT molecular complexity index is 1420. The number of aromatic nitrogens is 4. The zero-order valence-corrected chi connectivity index (χ0v) is 25.0. The zero-order chi connectivity index (χ0) is 28.4. The summed E-state index contributed by atoms with van der Waals surface area (Å²) in [6.45, 7) is 16.2. The van der Waals surface area contributed by atoms with Crippen molar-refractivity contribution in [2.75, 3.05) is 32.8 Å². The van der Waals surface area contributed by atoms with Gasteiger partial charge >= 0.3 is 11.8 Å². The summed E-state index contributed by atoms with van der Waals surface area (Å²) in [5, 5.41) is 3.98. The topological polar surface area (TPSA) is 123 Å². The highest BCUT2D eigenvalue weighted by atomic mass is 28.3. The number of ether oxygens (including phenoxy) is 2. The number of nitrogens with zero attached hydrogens (tertiary/aromatic N) is 4. The van der Waals surface area contributed by atoms with E-state index < -0.39 is 31.0 Å². The number of aromatic amines is 1. The van der Waals surface area contributed by atoms with E-state index in [1.165, 1.54) is 0 Å². The maximum absolute atomic E-state index is 13.1. The van der Waals surface area contributed by atoms with Crippen molar-refractivity contribution in [3.8, 4) is 0 Å². The van der Waals surface area contributed by atoms with E-state index in [9.17, 15) is 14.4 Å². The van der Waals surface area contributed by atoms with Crippen molar-refractivity contribution in [1.82, 2.24) is 29.3 Å². The second-order valence-electron chi connectivity index (χ2n) is 12.5. The fourth-order valence-electron chi connectivity index (χ4n) is 4.90. The van der Waals surface area contributed by atoms with Crippen LogP contribution in [0.2, 0.25) is 25.7 Å². The lowest BCUT2D eigenvalue weighted by atomic mass is 10.0. The second-order valence-corrected chi connectivity index (χ2v) is 18.1. The Kier molecular flexibility index (Phi) is 8.67. The molecular weight excluding hydrogens is 516 g/mol. The van der Waals surface area contributed by atoms with E-state index in [1.54, 1.807) is 10.8 Å². The Balaban J connectivity index is 1.48. The maximum Gasteiger partial charge on any atom is 0.407 e. The highest BCUT2D eigenvalue weighted by molar-refractivity contribution is 6.76. The molecule has 1 fully saturated rings. The van der Waals surface area contributed by atoms with E-state index in [2.05, 4.69) is 39.8 Å². The van der Waals surface area contributed by atoms with Gasteiger partial charge < -0.3 is 24.3 Å². The molecule has 0 atom stereocenters. The van der Waals surface area contributed by atoms with Gasteiger partial charge in [-0.1, -0.05) is 19.6 Å². The molecule has 4 rings (SSSR count). The maximum atomic E-state index is 13.1. The van der Waals surface area contributed by atoms with Gasteiger partial charge in [-0.25, -0.2) is 14.6 Å². The molecule has 0 spiro atoms. The molecule has 4 heterocycles. The molecule has 0 unspecified atom stereocenters. The number of fused-ring (bicyclic) bond motifs is 3. The number of pyridine rings is 1. The highest BCUT2D eigenvalue weighted by Crippen LogP contribution is 2.28. The number of likely N-dealkylation sites (tertiary alicyclic amines) is 1. The van der Waals surface area contributed by atoms with Crippen molar-refractivity contribution >= 4 is 36.1 Å². The molecular formula is C27H42N6O5Si. The Morgan fingerprint density at radius 3 is 2.56 bits per heavy atom. The van der Waals surface area contributed by atoms with Gasteiger partial charge in [-0.05, 0) is 45.7 Å². The van der Waals surface area contributed by atoms with Crippen molar-refractivity contribution in [2.45, 2.75) is 77.7 Å². The van der Waals surface area contributed by atoms with Crippen LogP contribution in [0.1, 0.15) is 39.7 Å². The summed E-state index contributed by atoms with van der Waals surface area (Å²) in [5.74, 6) is 0. The fourth-order valence-corrected chi connectivity index (χ4v) is 5.66. The quantitative estimate of drug-likeness (QED) is 0.304. The van der Waals surface area contributed by atoms with Crippen LogP contribution >= 0.6 is 0 Å². The molecule has 12 heteroatoms. The number of hydrogen-bond donors (Lipinski definition) is 2. The van der Waals surface area contributed by atoms with Gasteiger partial charge in [0, 0.05) is 64.7 Å². The summed E-state index contributed by atoms with van der Waals surface area (Å²) in [4.78, 5) is 47.1. The monoisotopic (exact) mass is 558 g/mol. The van der Waals surface area contributed by atoms with Crippen LogP contribution in [-0.2, 0) is 16.2 Å². The van der Waals surface area contributed by atoms with Crippen molar-refractivity contribution in [1.29, 1.82) is 0 Å². The Labute approximate surface area is 229 Å². The first kappa shape index (κ1) is 29.0. The number of amides is 1. The molecule has 0 radical (unpaired) electrons. The van der Waals surface area contributed by atoms with Gasteiger partial charge in [0.15, 0.2) is 0 Å². The van der Waals surface area contributed by atoms with Crippen LogP contribution in [0.5, 0.6) is 0 Å². The number of nitrogens with one attached hydrogen (secondary N) is 2. The first-order valence-electron chi connectivity index (χ1n) is 13.7. The van der Waals surface area contributed by atoms with Gasteiger partial charge in [0.05, 0.1) is 10.9 Å². The summed E-state index contributed by atoms with van der Waals surface area (Å²) >= 11 is 0. The minimum absolute atomic E-state index is 0.0612. The molecule has 2 N–H and O–H groups in total. The first-order chi connectivity index (χ1) is 18.3. The molecule has 1 amide bonds. The van der Waals surface area contributed by atoms with Crippen molar-refractivity contribution in [2.24, 2.45) is 0 Å². The van der Waals surface area contributed by atoms with Crippen LogP contribution < -0.4 is 16.6 Å². The van der Waals surface area contributed by atoms with Crippen LogP contribution in [0.4, 0.5) is 4.79 Å². The summed E-state index contributed by atoms with van der Waals surface area (Å²) in [6.07, 6.45) is 4.54. The van der Waals surface area contributed by atoms with E-state index in [1.807, 2.05) is 37.6 Å². The lowest BCUT2D eigenvalue weighted by Crippen LogP contribution is -2.43. The normalized spacial score (nSPS) is 15.7. The van der Waals surface area contributed by atoms with Crippen LogP contribution in [0.15, 0.2) is 28.0 Å². The number of rotatable bonds is 9. The molecule has 0 bridgehead atoms. The smallest absolute Gasteiger partial charge is 0.407 e. The van der Waals surface area contributed by atoms with Gasteiger partial charge in [0.2, 0.25) is 0 Å². The van der Waals surface area contributed by atoms with Crippen LogP contribution in [-0.4, -0.2) is 76.6 Å².